The molecular weight excluding hydrogens is 318 g/mol. The van der Waals surface area contributed by atoms with E-state index in [1.165, 1.54) is 6.20 Å². The van der Waals surface area contributed by atoms with Gasteiger partial charge in [0, 0.05) is 31.0 Å². The molecule has 1 amide bonds. The van der Waals surface area contributed by atoms with Crippen molar-refractivity contribution >= 4 is 23.2 Å². The summed E-state index contributed by atoms with van der Waals surface area (Å²) in [5, 5.41) is 6.49. The van der Waals surface area contributed by atoms with Crippen LogP contribution in [0.1, 0.15) is 0 Å². The maximum absolute atomic E-state index is 12.0. The van der Waals surface area contributed by atoms with E-state index in [-0.39, 0.29) is 5.91 Å². The van der Waals surface area contributed by atoms with Crippen LogP contribution in [0.25, 0.3) is 0 Å². The molecule has 2 N–H and O–H groups in total. The Morgan fingerprint density at radius 3 is 2.78 bits per heavy atom. The van der Waals surface area contributed by atoms with Gasteiger partial charge in [-0.05, 0) is 30.3 Å². The molecule has 1 aliphatic heterocycles. The van der Waals surface area contributed by atoms with Crippen molar-refractivity contribution in [3.63, 3.8) is 0 Å². The molecule has 1 aliphatic rings. The Bertz CT molecular complexity index is 655. The predicted molar refractivity (Wildman–Crippen MR) is 87.0 cm³/mol. The van der Waals surface area contributed by atoms with Gasteiger partial charge in [-0.25, -0.2) is 4.98 Å². The van der Waals surface area contributed by atoms with Gasteiger partial charge in [0.15, 0.2) is 0 Å². The lowest BCUT2D eigenvalue weighted by Crippen LogP contribution is -2.45. The zero-order valence-electron chi connectivity index (χ0n) is 12.3. The van der Waals surface area contributed by atoms with Gasteiger partial charge in [-0.1, -0.05) is 11.6 Å². The Labute approximate surface area is 138 Å². The van der Waals surface area contributed by atoms with Crippen molar-refractivity contribution < 1.29 is 14.3 Å². The Morgan fingerprint density at radius 1 is 1.30 bits per heavy atom. The first-order valence-corrected chi connectivity index (χ1v) is 7.61. The largest absolute Gasteiger partial charge is 0.439 e. The zero-order valence-corrected chi connectivity index (χ0v) is 13.0. The second-order valence-electron chi connectivity index (χ2n) is 4.99. The van der Waals surface area contributed by atoms with Crippen molar-refractivity contribution in [1.82, 2.24) is 10.3 Å². The highest BCUT2D eigenvalue weighted by atomic mass is 35.5. The summed E-state index contributed by atoms with van der Waals surface area (Å²) < 4.78 is 11.0. The molecule has 0 aliphatic carbocycles. The van der Waals surface area contributed by atoms with Crippen LogP contribution in [0, 0.1) is 0 Å². The lowest BCUT2D eigenvalue weighted by atomic mass is 10.2. The van der Waals surface area contributed by atoms with Gasteiger partial charge >= 0.3 is 0 Å². The van der Waals surface area contributed by atoms with Crippen LogP contribution in [0.3, 0.4) is 0 Å². The van der Waals surface area contributed by atoms with Crippen molar-refractivity contribution in [1.29, 1.82) is 0 Å². The molecule has 120 valence electrons. The molecule has 3 rings (SSSR count). The van der Waals surface area contributed by atoms with E-state index >= 15 is 0 Å². The highest BCUT2D eigenvalue weighted by molar-refractivity contribution is 6.30. The number of carbonyl (C=O) groups is 1. The Morgan fingerprint density at radius 2 is 2.13 bits per heavy atom. The average molecular weight is 334 g/mol. The van der Waals surface area contributed by atoms with E-state index in [0.29, 0.717) is 35.5 Å². The minimum absolute atomic E-state index is 0.162. The number of morpholine rings is 1. The first-order chi connectivity index (χ1) is 11.2. The highest BCUT2D eigenvalue weighted by Crippen LogP contribution is 2.22. The number of anilines is 1. The normalized spacial score (nSPS) is 17.5. The third kappa shape index (κ3) is 4.41. The van der Waals surface area contributed by atoms with Gasteiger partial charge in [-0.15, -0.1) is 0 Å². The molecule has 0 radical (unpaired) electrons. The maximum Gasteiger partial charge on any atom is 0.254 e. The van der Waals surface area contributed by atoms with Crippen LogP contribution >= 0.6 is 11.6 Å². The molecule has 1 fully saturated rings. The fraction of sp³-hybridized carbons (Fsp3) is 0.250. The molecule has 0 spiro atoms. The van der Waals surface area contributed by atoms with E-state index in [1.807, 2.05) is 0 Å². The summed E-state index contributed by atoms with van der Waals surface area (Å²) in [6.07, 6.45) is 1.06. The standard InChI is InChI=1S/C16H16ClN3O3/c17-11-1-6-15(19-9-11)23-13-4-2-12(3-5-13)20-16(21)14-10-18-7-8-22-14/h1-6,9,14,18H,7-8,10H2,(H,20,21). The van der Waals surface area contributed by atoms with Gasteiger partial charge in [-0.2, -0.15) is 0 Å². The van der Waals surface area contributed by atoms with Gasteiger partial charge in [0.2, 0.25) is 5.88 Å². The third-order valence-corrected chi connectivity index (χ3v) is 3.49. The summed E-state index contributed by atoms with van der Waals surface area (Å²) in [5.74, 6) is 0.909. The second kappa shape index (κ2) is 7.41. The molecule has 0 bridgehead atoms. The summed E-state index contributed by atoms with van der Waals surface area (Å²) in [6, 6.07) is 10.4. The number of hydrogen-bond acceptors (Lipinski definition) is 5. The van der Waals surface area contributed by atoms with Crippen LogP contribution in [-0.4, -0.2) is 36.7 Å². The van der Waals surface area contributed by atoms with E-state index in [1.54, 1.807) is 36.4 Å². The molecule has 1 aromatic carbocycles. The van der Waals surface area contributed by atoms with Crippen LogP contribution in [0.2, 0.25) is 5.02 Å². The van der Waals surface area contributed by atoms with Crippen molar-refractivity contribution in [2.24, 2.45) is 0 Å². The lowest BCUT2D eigenvalue weighted by molar-refractivity contribution is -0.128. The van der Waals surface area contributed by atoms with Gasteiger partial charge in [0.25, 0.3) is 5.91 Å². The van der Waals surface area contributed by atoms with Crippen LogP contribution in [0.5, 0.6) is 11.6 Å². The first-order valence-electron chi connectivity index (χ1n) is 7.23. The van der Waals surface area contributed by atoms with E-state index in [4.69, 9.17) is 21.1 Å². The molecule has 2 aromatic rings. The summed E-state index contributed by atoms with van der Waals surface area (Å²) in [5.41, 5.74) is 0.681. The van der Waals surface area contributed by atoms with E-state index in [2.05, 4.69) is 15.6 Å². The first kappa shape index (κ1) is 15.7. The highest BCUT2D eigenvalue weighted by Gasteiger charge is 2.21. The Kier molecular flexibility index (Phi) is 5.07. The number of nitrogens with zero attached hydrogens (tertiary/aromatic N) is 1. The third-order valence-electron chi connectivity index (χ3n) is 3.26. The molecule has 1 unspecified atom stereocenters. The number of halogens is 1. The topological polar surface area (TPSA) is 72.5 Å². The number of rotatable bonds is 4. The van der Waals surface area contributed by atoms with Crippen molar-refractivity contribution in [3.05, 3.63) is 47.6 Å². The minimum Gasteiger partial charge on any atom is -0.439 e. The molecule has 1 atom stereocenters. The summed E-state index contributed by atoms with van der Waals surface area (Å²) in [4.78, 5) is 16.1. The van der Waals surface area contributed by atoms with Crippen LogP contribution in [0.4, 0.5) is 5.69 Å². The average Bonchev–Trinajstić information content (AvgIpc) is 2.59. The molecule has 0 saturated carbocycles. The monoisotopic (exact) mass is 333 g/mol. The molecule has 1 aromatic heterocycles. The fourth-order valence-electron chi connectivity index (χ4n) is 2.11. The molecule has 1 saturated heterocycles. The molecule has 7 heteroatoms. The van der Waals surface area contributed by atoms with Gasteiger partial charge in [-0.3, -0.25) is 4.79 Å². The van der Waals surface area contributed by atoms with Crippen molar-refractivity contribution in [2.75, 3.05) is 25.0 Å². The Hall–Kier alpha value is -2.15. The zero-order chi connectivity index (χ0) is 16.1. The molecular formula is C16H16ClN3O3. The number of hydrogen-bond donors (Lipinski definition) is 2. The maximum atomic E-state index is 12.0. The smallest absolute Gasteiger partial charge is 0.254 e. The summed E-state index contributed by atoms with van der Waals surface area (Å²) >= 11 is 5.77. The molecule has 2 heterocycles. The number of aromatic nitrogens is 1. The van der Waals surface area contributed by atoms with Crippen molar-refractivity contribution in [2.45, 2.75) is 6.10 Å². The lowest BCUT2D eigenvalue weighted by Gasteiger charge is -2.22. The molecule has 6 nitrogen and oxygen atoms in total. The summed E-state index contributed by atoms with van der Waals surface area (Å²) in [7, 11) is 0. The van der Waals surface area contributed by atoms with Gasteiger partial charge in [0.1, 0.15) is 11.9 Å². The number of nitrogens with one attached hydrogen (secondary N) is 2. The van der Waals surface area contributed by atoms with Crippen molar-refractivity contribution in [3.8, 4) is 11.6 Å². The number of ether oxygens (including phenoxy) is 2. The predicted octanol–water partition coefficient (Wildman–Crippen LogP) is 2.45. The number of benzene rings is 1. The second-order valence-corrected chi connectivity index (χ2v) is 5.43. The minimum atomic E-state index is -0.460. The number of carbonyl (C=O) groups excluding carboxylic acids is 1. The Balaban J connectivity index is 1.58. The SMILES string of the molecule is O=C(Nc1ccc(Oc2ccc(Cl)cn2)cc1)C1CNCCO1. The van der Waals surface area contributed by atoms with Crippen LogP contribution in [0.15, 0.2) is 42.6 Å². The van der Waals surface area contributed by atoms with Crippen LogP contribution in [-0.2, 0) is 9.53 Å². The fourth-order valence-corrected chi connectivity index (χ4v) is 2.22. The van der Waals surface area contributed by atoms with Gasteiger partial charge in [0.05, 0.1) is 11.6 Å². The van der Waals surface area contributed by atoms with Crippen LogP contribution < -0.4 is 15.4 Å². The number of pyridine rings is 1. The summed E-state index contributed by atoms with van der Waals surface area (Å²) in [6.45, 7) is 1.84. The van der Waals surface area contributed by atoms with E-state index < -0.39 is 6.10 Å². The van der Waals surface area contributed by atoms with Gasteiger partial charge < -0.3 is 20.1 Å². The quantitative estimate of drug-likeness (QED) is 0.899. The van der Waals surface area contributed by atoms with E-state index in [9.17, 15) is 4.79 Å². The molecule has 23 heavy (non-hydrogen) atoms. The van der Waals surface area contributed by atoms with E-state index in [0.717, 1.165) is 6.54 Å². The number of amides is 1.